The molecular formula is C20H22FN3. The molecule has 3 nitrogen and oxygen atoms in total. The van der Waals surface area contributed by atoms with Crippen molar-refractivity contribution in [3.8, 4) is 17.3 Å². The Morgan fingerprint density at radius 2 is 2.08 bits per heavy atom. The van der Waals surface area contributed by atoms with Gasteiger partial charge in [0.05, 0.1) is 11.8 Å². The van der Waals surface area contributed by atoms with Crippen molar-refractivity contribution in [1.29, 1.82) is 5.26 Å². The first-order valence-electron chi connectivity index (χ1n) is 8.34. The molecule has 0 spiro atoms. The number of benzene rings is 1. The summed E-state index contributed by atoms with van der Waals surface area (Å²) in [6.45, 7) is 3.79. The van der Waals surface area contributed by atoms with Gasteiger partial charge in [-0.15, -0.1) is 0 Å². The largest absolute Gasteiger partial charge is 0.296 e. The molecule has 24 heavy (non-hydrogen) atoms. The third kappa shape index (κ3) is 3.63. The topological polar surface area (TPSA) is 39.9 Å². The average Bonchev–Trinajstić information content (AvgIpc) is 2.60. The zero-order valence-electron chi connectivity index (χ0n) is 14.0. The van der Waals surface area contributed by atoms with Crippen LogP contribution in [0.15, 0.2) is 48.7 Å². The zero-order valence-corrected chi connectivity index (χ0v) is 14.0. The second-order valence-corrected chi connectivity index (χ2v) is 6.86. The van der Waals surface area contributed by atoms with Crippen LogP contribution >= 0.6 is 0 Å². The van der Waals surface area contributed by atoms with E-state index in [9.17, 15) is 4.39 Å². The van der Waals surface area contributed by atoms with E-state index < -0.39 is 11.6 Å². The van der Waals surface area contributed by atoms with Gasteiger partial charge in [0.1, 0.15) is 6.17 Å². The fourth-order valence-corrected chi connectivity index (χ4v) is 3.19. The highest BCUT2D eigenvalue weighted by atomic mass is 19.1. The van der Waals surface area contributed by atoms with Gasteiger partial charge in [-0.1, -0.05) is 43.3 Å². The lowest BCUT2D eigenvalue weighted by Gasteiger charge is -2.40. The van der Waals surface area contributed by atoms with E-state index in [4.69, 9.17) is 5.26 Å². The molecule has 124 valence electrons. The molecule has 1 aromatic carbocycles. The number of likely N-dealkylation sites (tertiary alicyclic amines) is 1. The molecule has 1 aromatic heterocycles. The summed E-state index contributed by atoms with van der Waals surface area (Å²) in [5.41, 5.74) is 2.63. The minimum atomic E-state index is -0.956. The first-order valence-corrected chi connectivity index (χ1v) is 8.34. The van der Waals surface area contributed by atoms with Crippen LogP contribution in [0.1, 0.15) is 25.3 Å². The Morgan fingerprint density at radius 3 is 2.71 bits per heavy atom. The fourth-order valence-electron chi connectivity index (χ4n) is 3.19. The van der Waals surface area contributed by atoms with Crippen molar-refractivity contribution in [3.05, 3.63) is 54.2 Å². The van der Waals surface area contributed by atoms with Crippen LogP contribution in [0.4, 0.5) is 4.39 Å². The molecular weight excluding hydrogens is 301 g/mol. The Bertz CT molecular complexity index is 708. The van der Waals surface area contributed by atoms with Gasteiger partial charge in [-0.05, 0) is 24.6 Å². The van der Waals surface area contributed by atoms with E-state index in [2.05, 4.69) is 22.0 Å². The second-order valence-electron chi connectivity index (χ2n) is 6.86. The van der Waals surface area contributed by atoms with Gasteiger partial charge in [-0.2, -0.15) is 5.26 Å². The third-order valence-electron chi connectivity index (χ3n) is 4.96. The number of hydrogen-bond donors (Lipinski definition) is 0. The molecule has 0 bridgehead atoms. The summed E-state index contributed by atoms with van der Waals surface area (Å²) >= 11 is 0. The monoisotopic (exact) mass is 323 g/mol. The van der Waals surface area contributed by atoms with Crippen molar-refractivity contribution in [2.45, 2.75) is 32.5 Å². The quantitative estimate of drug-likeness (QED) is 0.846. The van der Waals surface area contributed by atoms with E-state index >= 15 is 0 Å². The molecule has 2 aromatic rings. The highest BCUT2D eigenvalue weighted by Crippen LogP contribution is 2.36. The molecule has 0 radical (unpaired) electrons. The number of piperidine rings is 1. The van der Waals surface area contributed by atoms with E-state index in [1.54, 1.807) is 0 Å². The number of halogens is 1. The van der Waals surface area contributed by atoms with Crippen molar-refractivity contribution in [3.63, 3.8) is 0 Å². The maximum absolute atomic E-state index is 14.4. The van der Waals surface area contributed by atoms with Gasteiger partial charge in [-0.3, -0.25) is 9.88 Å². The van der Waals surface area contributed by atoms with Crippen molar-refractivity contribution >= 4 is 0 Å². The summed E-state index contributed by atoms with van der Waals surface area (Å²) in [7, 11) is 0. The van der Waals surface area contributed by atoms with Crippen molar-refractivity contribution in [2.75, 3.05) is 13.1 Å². The lowest BCUT2D eigenvalue weighted by atomic mass is 9.76. The highest BCUT2D eigenvalue weighted by Gasteiger charge is 2.39. The van der Waals surface area contributed by atoms with Gasteiger partial charge in [0.2, 0.25) is 0 Å². The zero-order chi connectivity index (χ0) is 17.0. The average molecular weight is 323 g/mol. The molecule has 1 aliphatic rings. The summed E-state index contributed by atoms with van der Waals surface area (Å²) in [5, 5.41) is 8.88. The minimum absolute atomic E-state index is 0.287. The predicted molar refractivity (Wildman–Crippen MR) is 92.8 cm³/mol. The Hall–Kier alpha value is -2.25. The molecule has 0 saturated carbocycles. The first kappa shape index (κ1) is 16.6. The number of aromatic nitrogens is 1. The molecule has 1 aliphatic heterocycles. The number of nitrogens with zero attached hydrogens (tertiary/aromatic N) is 3. The fraction of sp³-hybridized carbons (Fsp3) is 0.400. The normalized spacial score (nSPS) is 24.5. The van der Waals surface area contributed by atoms with Crippen LogP contribution in [0.3, 0.4) is 0 Å². The molecule has 0 amide bonds. The van der Waals surface area contributed by atoms with Crippen molar-refractivity contribution in [2.24, 2.45) is 5.41 Å². The van der Waals surface area contributed by atoms with Gasteiger partial charge in [0.15, 0.2) is 0 Å². The number of hydrogen-bond acceptors (Lipinski definition) is 3. The smallest absolute Gasteiger partial charge is 0.119 e. The highest BCUT2D eigenvalue weighted by molar-refractivity contribution is 5.58. The van der Waals surface area contributed by atoms with Gasteiger partial charge in [0, 0.05) is 36.7 Å². The molecule has 2 unspecified atom stereocenters. The van der Waals surface area contributed by atoms with Crippen LogP contribution in [-0.4, -0.2) is 29.1 Å². The van der Waals surface area contributed by atoms with Crippen molar-refractivity contribution < 1.29 is 4.39 Å². The Labute approximate surface area is 142 Å². The molecule has 3 rings (SSSR count). The number of pyridine rings is 1. The van der Waals surface area contributed by atoms with Crippen LogP contribution < -0.4 is 0 Å². The Morgan fingerprint density at radius 1 is 1.29 bits per heavy atom. The van der Waals surface area contributed by atoms with Crippen LogP contribution in [-0.2, 0) is 6.54 Å². The predicted octanol–water partition coefficient (Wildman–Crippen LogP) is 4.21. The summed E-state index contributed by atoms with van der Waals surface area (Å²) in [6.07, 6.45) is 1.92. The number of rotatable bonds is 4. The lowest BCUT2D eigenvalue weighted by Crippen LogP contribution is -2.47. The van der Waals surface area contributed by atoms with Gasteiger partial charge >= 0.3 is 0 Å². The maximum atomic E-state index is 14.4. The first-order chi connectivity index (χ1) is 11.6. The maximum Gasteiger partial charge on any atom is 0.119 e. The molecule has 0 N–H and O–H groups in total. The van der Waals surface area contributed by atoms with E-state index in [1.807, 2.05) is 49.5 Å². The molecule has 2 heterocycles. The summed E-state index contributed by atoms with van der Waals surface area (Å²) in [6, 6.07) is 16.3. The van der Waals surface area contributed by atoms with Gasteiger partial charge in [-0.25, -0.2) is 4.39 Å². The third-order valence-corrected chi connectivity index (χ3v) is 4.96. The van der Waals surface area contributed by atoms with Gasteiger partial charge < -0.3 is 0 Å². The van der Waals surface area contributed by atoms with E-state index in [0.29, 0.717) is 13.1 Å². The van der Waals surface area contributed by atoms with Crippen LogP contribution in [0.2, 0.25) is 0 Å². The summed E-state index contributed by atoms with van der Waals surface area (Å²) < 4.78 is 14.4. The SMILES string of the molecule is CC1(CC#N)CCN(Cc2ccc(-c3ccccc3)nc2)CC1F. The standard InChI is InChI=1S/C20H22FN3/c1-20(9-11-22)10-12-24(15-19(20)21)14-16-7-8-18(23-13-16)17-5-3-2-4-6-17/h2-8,13,19H,9-10,12,14-15H2,1H3. The number of nitriles is 1. The molecule has 1 saturated heterocycles. The number of alkyl halides is 1. The van der Waals surface area contributed by atoms with Crippen LogP contribution in [0.25, 0.3) is 11.3 Å². The van der Waals surface area contributed by atoms with E-state index in [1.165, 1.54) is 0 Å². The van der Waals surface area contributed by atoms with Gasteiger partial charge in [0.25, 0.3) is 0 Å². The molecule has 1 fully saturated rings. The Balaban J connectivity index is 1.62. The van der Waals surface area contributed by atoms with E-state index in [0.717, 1.165) is 29.8 Å². The van der Waals surface area contributed by atoms with E-state index in [-0.39, 0.29) is 6.42 Å². The molecule has 4 heteroatoms. The minimum Gasteiger partial charge on any atom is -0.296 e. The van der Waals surface area contributed by atoms with Crippen LogP contribution in [0.5, 0.6) is 0 Å². The molecule has 2 atom stereocenters. The lowest BCUT2D eigenvalue weighted by molar-refractivity contribution is 0.0186. The summed E-state index contributed by atoms with van der Waals surface area (Å²) in [4.78, 5) is 6.64. The second kappa shape index (κ2) is 7.11. The summed E-state index contributed by atoms with van der Waals surface area (Å²) in [5.74, 6) is 0. The Kier molecular flexibility index (Phi) is 4.92. The molecule has 0 aliphatic carbocycles. The van der Waals surface area contributed by atoms with Crippen LogP contribution in [0, 0.1) is 16.7 Å². The van der Waals surface area contributed by atoms with Crippen molar-refractivity contribution in [1.82, 2.24) is 9.88 Å².